The first-order valence-corrected chi connectivity index (χ1v) is 12.1. The second-order valence-corrected chi connectivity index (χ2v) is 9.30. The summed E-state index contributed by atoms with van der Waals surface area (Å²) >= 11 is 2.12. The van der Waals surface area contributed by atoms with Crippen molar-refractivity contribution in [3.05, 3.63) is 21.9 Å². The molecule has 0 aromatic carbocycles. The average Bonchev–Trinajstić information content (AvgIpc) is 3.06. The van der Waals surface area contributed by atoms with Crippen molar-refractivity contribution in [1.29, 1.82) is 0 Å². The lowest BCUT2D eigenvalue weighted by Crippen LogP contribution is -2.04. The molecule has 0 N–H and O–H groups in total. The van der Waals surface area contributed by atoms with Crippen LogP contribution in [0.1, 0.15) is 114 Å². The van der Waals surface area contributed by atoms with Crippen LogP contribution in [0.4, 0.5) is 0 Å². The van der Waals surface area contributed by atoms with Gasteiger partial charge in [-0.05, 0) is 36.8 Å². The van der Waals surface area contributed by atoms with E-state index < -0.39 is 0 Å². The molecule has 1 aromatic rings. The van der Waals surface area contributed by atoms with Crippen LogP contribution in [-0.2, 0) is 12.8 Å². The fourth-order valence-electron chi connectivity index (χ4n) is 3.86. The lowest BCUT2D eigenvalue weighted by atomic mass is 9.92. The van der Waals surface area contributed by atoms with E-state index in [0.29, 0.717) is 0 Å². The lowest BCUT2D eigenvalue weighted by Gasteiger charge is -2.16. The number of hydrogen-bond donors (Lipinski definition) is 0. The summed E-state index contributed by atoms with van der Waals surface area (Å²) in [5.41, 5.74) is 0. The predicted octanol–water partition coefficient (Wildman–Crippen LogP) is 8.83. The first-order chi connectivity index (χ1) is 12.2. The highest BCUT2D eigenvalue weighted by Crippen LogP contribution is 2.28. The zero-order valence-corrected chi connectivity index (χ0v) is 18.4. The van der Waals surface area contributed by atoms with Crippen LogP contribution in [0.25, 0.3) is 0 Å². The quantitative estimate of drug-likeness (QED) is 0.257. The molecular weight excluding hydrogens is 320 g/mol. The molecule has 1 aromatic heterocycles. The van der Waals surface area contributed by atoms with Gasteiger partial charge in [0.25, 0.3) is 0 Å². The topological polar surface area (TPSA) is 0 Å². The SMILES string of the molecule is CCCCCCC(CCCC)Cc1ccc(CC(CC)CCCC)s1. The maximum absolute atomic E-state index is 2.44. The van der Waals surface area contributed by atoms with Crippen molar-refractivity contribution < 1.29 is 0 Å². The zero-order chi connectivity index (χ0) is 18.3. The normalized spacial score (nSPS) is 13.9. The Kier molecular flexibility index (Phi) is 13.5. The van der Waals surface area contributed by atoms with Crippen LogP contribution < -0.4 is 0 Å². The molecule has 0 aliphatic carbocycles. The number of unbranched alkanes of at least 4 members (excludes halogenated alkanes) is 5. The Morgan fingerprint density at radius 3 is 1.72 bits per heavy atom. The number of rotatable bonds is 16. The molecule has 1 heterocycles. The van der Waals surface area contributed by atoms with Gasteiger partial charge in [0.2, 0.25) is 0 Å². The van der Waals surface area contributed by atoms with Crippen LogP contribution in [-0.4, -0.2) is 0 Å². The van der Waals surface area contributed by atoms with Crippen molar-refractivity contribution in [1.82, 2.24) is 0 Å². The zero-order valence-electron chi connectivity index (χ0n) is 17.6. The molecule has 0 saturated heterocycles. The van der Waals surface area contributed by atoms with Crippen LogP contribution in [0.3, 0.4) is 0 Å². The second-order valence-electron chi connectivity index (χ2n) is 8.05. The Hall–Kier alpha value is -0.300. The van der Waals surface area contributed by atoms with Gasteiger partial charge in [-0.25, -0.2) is 0 Å². The monoisotopic (exact) mass is 364 g/mol. The van der Waals surface area contributed by atoms with E-state index in [1.165, 1.54) is 89.9 Å². The van der Waals surface area contributed by atoms with Crippen LogP contribution >= 0.6 is 11.3 Å². The van der Waals surface area contributed by atoms with Crippen molar-refractivity contribution >= 4 is 11.3 Å². The summed E-state index contributed by atoms with van der Waals surface area (Å²) in [5, 5.41) is 0. The van der Waals surface area contributed by atoms with E-state index in [2.05, 4.69) is 51.2 Å². The standard InChI is InChI=1S/C24H44S/c1-5-9-12-13-16-22(15-11-7-3)20-24-18-17-23(25-24)19-21(8-4)14-10-6-2/h17-18,21-22H,5-16,19-20H2,1-4H3. The van der Waals surface area contributed by atoms with Gasteiger partial charge >= 0.3 is 0 Å². The highest BCUT2D eigenvalue weighted by molar-refractivity contribution is 7.12. The molecule has 146 valence electrons. The van der Waals surface area contributed by atoms with Gasteiger partial charge in [0.15, 0.2) is 0 Å². The lowest BCUT2D eigenvalue weighted by molar-refractivity contribution is 0.412. The Balaban J connectivity index is 2.49. The van der Waals surface area contributed by atoms with Gasteiger partial charge in [0.05, 0.1) is 0 Å². The third-order valence-electron chi connectivity index (χ3n) is 5.67. The molecule has 0 radical (unpaired) electrons. The molecule has 0 nitrogen and oxygen atoms in total. The number of thiophene rings is 1. The minimum absolute atomic E-state index is 0.899. The maximum Gasteiger partial charge on any atom is 0.00509 e. The third kappa shape index (κ3) is 10.4. The van der Waals surface area contributed by atoms with Gasteiger partial charge in [0.1, 0.15) is 0 Å². The molecule has 0 spiro atoms. The summed E-state index contributed by atoms with van der Waals surface area (Å²) < 4.78 is 0. The molecule has 0 saturated carbocycles. The van der Waals surface area contributed by atoms with Crippen LogP contribution in [0, 0.1) is 11.8 Å². The summed E-state index contributed by atoms with van der Waals surface area (Å²) in [6.07, 6.45) is 19.4. The van der Waals surface area contributed by atoms with E-state index >= 15 is 0 Å². The van der Waals surface area contributed by atoms with Gasteiger partial charge in [-0.15, -0.1) is 11.3 Å². The first-order valence-electron chi connectivity index (χ1n) is 11.3. The van der Waals surface area contributed by atoms with Gasteiger partial charge in [-0.1, -0.05) is 105 Å². The van der Waals surface area contributed by atoms with Crippen molar-refractivity contribution in [3.8, 4) is 0 Å². The highest BCUT2D eigenvalue weighted by Gasteiger charge is 2.13. The van der Waals surface area contributed by atoms with Gasteiger partial charge in [0, 0.05) is 9.75 Å². The summed E-state index contributed by atoms with van der Waals surface area (Å²) in [7, 11) is 0. The molecule has 1 rings (SSSR count). The van der Waals surface area contributed by atoms with Crippen molar-refractivity contribution in [2.45, 2.75) is 118 Å². The fraction of sp³-hybridized carbons (Fsp3) is 0.833. The second kappa shape index (κ2) is 14.8. The summed E-state index contributed by atoms with van der Waals surface area (Å²) in [5.74, 6) is 1.82. The van der Waals surface area contributed by atoms with Crippen molar-refractivity contribution in [3.63, 3.8) is 0 Å². The van der Waals surface area contributed by atoms with Gasteiger partial charge < -0.3 is 0 Å². The molecule has 1 heteroatoms. The molecular formula is C24H44S. The van der Waals surface area contributed by atoms with Gasteiger partial charge in [-0.3, -0.25) is 0 Å². The Labute approximate surface area is 162 Å². The molecule has 0 amide bonds. The average molecular weight is 365 g/mol. The van der Waals surface area contributed by atoms with Gasteiger partial charge in [-0.2, -0.15) is 0 Å². The molecule has 0 fully saturated rings. The van der Waals surface area contributed by atoms with Crippen LogP contribution in [0.15, 0.2) is 12.1 Å². The smallest absolute Gasteiger partial charge is 0.00509 e. The van der Waals surface area contributed by atoms with E-state index in [-0.39, 0.29) is 0 Å². The van der Waals surface area contributed by atoms with Crippen LogP contribution in [0.2, 0.25) is 0 Å². The van der Waals surface area contributed by atoms with E-state index in [9.17, 15) is 0 Å². The molecule has 2 unspecified atom stereocenters. The Morgan fingerprint density at radius 2 is 1.16 bits per heavy atom. The summed E-state index contributed by atoms with van der Waals surface area (Å²) in [4.78, 5) is 3.29. The highest BCUT2D eigenvalue weighted by atomic mass is 32.1. The minimum Gasteiger partial charge on any atom is -0.145 e. The number of hydrogen-bond acceptors (Lipinski definition) is 1. The molecule has 25 heavy (non-hydrogen) atoms. The van der Waals surface area contributed by atoms with Crippen molar-refractivity contribution in [2.75, 3.05) is 0 Å². The van der Waals surface area contributed by atoms with E-state index in [1.54, 1.807) is 9.75 Å². The summed E-state index contributed by atoms with van der Waals surface area (Å²) in [6.45, 7) is 9.32. The molecule has 0 bridgehead atoms. The Morgan fingerprint density at radius 1 is 0.640 bits per heavy atom. The van der Waals surface area contributed by atoms with E-state index in [1.807, 2.05) is 0 Å². The van der Waals surface area contributed by atoms with Crippen LogP contribution in [0.5, 0.6) is 0 Å². The minimum atomic E-state index is 0.899. The fourth-order valence-corrected chi connectivity index (χ4v) is 5.10. The largest absolute Gasteiger partial charge is 0.145 e. The van der Waals surface area contributed by atoms with E-state index in [4.69, 9.17) is 0 Å². The van der Waals surface area contributed by atoms with E-state index in [0.717, 1.165) is 11.8 Å². The summed E-state index contributed by atoms with van der Waals surface area (Å²) in [6, 6.07) is 4.88. The maximum atomic E-state index is 2.44. The molecule has 0 aliphatic rings. The third-order valence-corrected chi connectivity index (χ3v) is 6.80. The molecule has 2 atom stereocenters. The predicted molar refractivity (Wildman–Crippen MR) is 117 cm³/mol. The van der Waals surface area contributed by atoms with Crippen molar-refractivity contribution in [2.24, 2.45) is 11.8 Å². The molecule has 0 aliphatic heterocycles. The Bertz CT molecular complexity index is 406. The first kappa shape index (κ1) is 22.7.